The number of nitrogens with zero attached hydrogens (tertiary/aromatic N) is 1. The van der Waals surface area contributed by atoms with E-state index >= 15 is 0 Å². The van der Waals surface area contributed by atoms with Crippen molar-refractivity contribution in [1.82, 2.24) is 5.32 Å². The Hall–Kier alpha value is -1.81. The van der Waals surface area contributed by atoms with Crippen LogP contribution >= 0.6 is 0 Å². The minimum atomic E-state index is -4.60. The largest absolute Gasteiger partial charge is 0.475 e. The summed E-state index contributed by atoms with van der Waals surface area (Å²) >= 11 is 0. The van der Waals surface area contributed by atoms with Gasteiger partial charge >= 0.3 is 6.18 Å². The number of hydrogen-bond acceptors (Lipinski definition) is 3. The van der Waals surface area contributed by atoms with Crippen LogP contribution in [0.25, 0.3) is 0 Å². The van der Waals surface area contributed by atoms with Crippen molar-refractivity contribution >= 4 is 0 Å². The third-order valence-electron chi connectivity index (χ3n) is 3.03. The summed E-state index contributed by atoms with van der Waals surface area (Å²) in [6, 6.07) is 4.88. The first-order valence-corrected chi connectivity index (χ1v) is 5.55. The zero-order valence-corrected chi connectivity index (χ0v) is 9.72. The van der Waals surface area contributed by atoms with Gasteiger partial charge in [-0.1, -0.05) is 6.07 Å². The predicted molar refractivity (Wildman–Crippen MR) is 58.0 cm³/mol. The van der Waals surface area contributed by atoms with E-state index in [-0.39, 0.29) is 18.7 Å². The lowest BCUT2D eigenvalue weighted by Crippen LogP contribution is -2.52. The molecule has 0 radical (unpaired) electrons. The first-order chi connectivity index (χ1) is 8.89. The van der Waals surface area contributed by atoms with E-state index in [2.05, 4.69) is 5.32 Å². The quantitative estimate of drug-likeness (QED) is 0.842. The molecule has 1 atom stereocenters. The van der Waals surface area contributed by atoms with E-state index in [0.717, 1.165) is 12.1 Å². The van der Waals surface area contributed by atoms with E-state index in [1.807, 2.05) is 0 Å². The maximum absolute atomic E-state index is 13.3. The van der Waals surface area contributed by atoms with Gasteiger partial charge in [0.25, 0.3) is 0 Å². The Bertz CT molecular complexity index is 515. The number of ether oxygens (including phenoxy) is 1. The second-order valence-electron chi connectivity index (χ2n) is 4.25. The maximum Gasteiger partial charge on any atom is 0.429 e. The predicted octanol–water partition coefficient (Wildman–Crippen LogP) is 2.37. The highest BCUT2D eigenvalue weighted by molar-refractivity contribution is 5.44. The lowest BCUT2D eigenvalue weighted by Gasteiger charge is -2.31. The molecule has 1 fully saturated rings. The Labute approximate surface area is 106 Å². The molecule has 1 unspecified atom stereocenters. The first kappa shape index (κ1) is 13.6. The summed E-state index contributed by atoms with van der Waals surface area (Å²) in [5.74, 6) is -1.29. The molecule has 1 aliphatic heterocycles. The number of nitriles is 1. The maximum atomic E-state index is 13.3. The summed E-state index contributed by atoms with van der Waals surface area (Å²) in [4.78, 5) is 0. The number of benzene rings is 1. The summed E-state index contributed by atoms with van der Waals surface area (Å²) < 4.78 is 57.6. The lowest BCUT2D eigenvalue weighted by atomic mass is 10.0. The smallest absolute Gasteiger partial charge is 0.429 e. The molecule has 0 saturated carbocycles. The van der Waals surface area contributed by atoms with Gasteiger partial charge in [-0.2, -0.15) is 18.4 Å². The summed E-state index contributed by atoms with van der Waals surface area (Å²) in [6.45, 7) is -0.269. The molecule has 7 heteroatoms. The SMILES string of the molecule is N#Cc1c(F)cccc1OC1(C(F)(F)F)CCNC1. The Balaban J connectivity index is 2.39. The van der Waals surface area contributed by atoms with Crippen LogP contribution in [0, 0.1) is 17.1 Å². The zero-order valence-electron chi connectivity index (χ0n) is 9.72. The molecule has 1 N–H and O–H groups in total. The molecule has 102 valence electrons. The van der Waals surface area contributed by atoms with Gasteiger partial charge in [-0.05, 0) is 18.7 Å². The fourth-order valence-corrected chi connectivity index (χ4v) is 1.96. The van der Waals surface area contributed by atoms with Gasteiger partial charge < -0.3 is 10.1 Å². The van der Waals surface area contributed by atoms with Crippen LogP contribution in [0.2, 0.25) is 0 Å². The molecular formula is C12H10F4N2O. The van der Waals surface area contributed by atoms with Crippen molar-refractivity contribution in [3.8, 4) is 11.8 Å². The van der Waals surface area contributed by atoms with E-state index in [9.17, 15) is 17.6 Å². The van der Waals surface area contributed by atoms with E-state index in [0.29, 0.717) is 0 Å². The molecule has 1 saturated heterocycles. The number of halogens is 4. The molecule has 2 rings (SSSR count). The van der Waals surface area contributed by atoms with E-state index in [4.69, 9.17) is 10.00 Å². The fourth-order valence-electron chi connectivity index (χ4n) is 1.96. The zero-order chi connectivity index (χ0) is 14.1. The van der Waals surface area contributed by atoms with Crippen molar-refractivity contribution in [3.05, 3.63) is 29.6 Å². The monoisotopic (exact) mass is 274 g/mol. The molecule has 0 amide bonds. The van der Waals surface area contributed by atoms with Crippen LogP contribution in [0.5, 0.6) is 5.75 Å². The molecule has 0 bridgehead atoms. The Morgan fingerprint density at radius 1 is 1.37 bits per heavy atom. The standard InChI is InChI=1S/C12H10F4N2O/c13-9-2-1-3-10(8(9)6-17)19-11(12(14,15)16)4-5-18-7-11/h1-3,18H,4-5,7H2. The van der Waals surface area contributed by atoms with Crippen LogP contribution in [0.15, 0.2) is 18.2 Å². The highest BCUT2D eigenvalue weighted by Crippen LogP contribution is 2.40. The number of alkyl halides is 3. The van der Waals surface area contributed by atoms with Gasteiger partial charge in [0, 0.05) is 13.0 Å². The number of hydrogen-bond donors (Lipinski definition) is 1. The van der Waals surface area contributed by atoms with Crippen LogP contribution in [0.3, 0.4) is 0 Å². The molecule has 1 heterocycles. The molecule has 19 heavy (non-hydrogen) atoms. The molecule has 1 aromatic rings. The van der Waals surface area contributed by atoms with Crippen LogP contribution < -0.4 is 10.1 Å². The minimum Gasteiger partial charge on any atom is -0.475 e. The summed E-state index contributed by atoms with van der Waals surface area (Å²) in [7, 11) is 0. The highest BCUT2D eigenvalue weighted by Gasteiger charge is 2.59. The second-order valence-corrected chi connectivity index (χ2v) is 4.25. The highest BCUT2D eigenvalue weighted by atomic mass is 19.4. The van der Waals surface area contributed by atoms with Gasteiger partial charge in [0.2, 0.25) is 5.60 Å². The summed E-state index contributed by atoms with van der Waals surface area (Å²) in [6.07, 6.45) is -4.88. The van der Waals surface area contributed by atoms with Gasteiger partial charge in [-0.15, -0.1) is 0 Å². The fraction of sp³-hybridized carbons (Fsp3) is 0.417. The van der Waals surface area contributed by atoms with Crippen molar-refractivity contribution in [1.29, 1.82) is 5.26 Å². The van der Waals surface area contributed by atoms with Crippen molar-refractivity contribution in [3.63, 3.8) is 0 Å². The van der Waals surface area contributed by atoms with E-state index in [1.54, 1.807) is 0 Å². The minimum absolute atomic E-state index is 0.150. The van der Waals surface area contributed by atoms with Gasteiger partial charge in [0.05, 0.1) is 0 Å². The second kappa shape index (κ2) is 4.70. The van der Waals surface area contributed by atoms with E-state index in [1.165, 1.54) is 12.1 Å². The van der Waals surface area contributed by atoms with Crippen molar-refractivity contribution < 1.29 is 22.3 Å². The summed E-state index contributed by atoms with van der Waals surface area (Å²) in [5.41, 5.74) is -2.93. The third-order valence-corrected chi connectivity index (χ3v) is 3.03. The van der Waals surface area contributed by atoms with Crippen molar-refractivity contribution in [2.45, 2.75) is 18.2 Å². The topological polar surface area (TPSA) is 45.0 Å². The van der Waals surface area contributed by atoms with Crippen LogP contribution in [-0.4, -0.2) is 24.9 Å². The van der Waals surface area contributed by atoms with Crippen LogP contribution in [0.1, 0.15) is 12.0 Å². The van der Waals surface area contributed by atoms with Gasteiger partial charge in [0.1, 0.15) is 23.2 Å². The lowest BCUT2D eigenvalue weighted by molar-refractivity contribution is -0.240. The van der Waals surface area contributed by atoms with Gasteiger partial charge in [-0.3, -0.25) is 0 Å². The van der Waals surface area contributed by atoms with Gasteiger partial charge in [0.15, 0.2) is 0 Å². The van der Waals surface area contributed by atoms with Crippen LogP contribution in [-0.2, 0) is 0 Å². The van der Waals surface area contributed by atoms with E-state index < -0.39 is 29.7 Å². The van der Waals surface area contributed by atoms with Crippen molar-refractivity contribution in [2.24, 2.45) is 0 Å². The summed E-state index contributed by atoms with van der Waals surface area (Å²) in [5, 5.41) is 11.4. The third kappa shape index (κ3) is 2.36. The Morgan fingerprint density at radius 2 is 2.11 bits per heavy atom. The normalized spacial score (nSPS) is 23.1. The average Bonchev–Trinajstić information content (AvgIpc) is 2.78. The average molecular weight is 274 g/mol. The molecule has 0 aliphatic carbocycles. The molecule has 1 aromatic carbocycles. The van der Waals surface area contributed by atoms with Crippen molar-refractivity contribution in [2.75, 3.05) is 13.1 Å². The number of rotatable bonds is 2. The molecule has 0 spiro atoms. The van der Waals surface area contributed by atoms with Gasteiger partial charge in [-0.25, -0.2) is 4.39 Å². The number of nitrogens with one attached hydrogen (secondary N) is 1. The molecule has 0 aromatic heterocycles. The molecule has 1 aliphatic rings. The first-order valence-electron chi connectivity index (χ1n) is 5.55. The molecular weight excluding hydrogens is 264 g/mol. The van der Waals surface area contributed by atoms with Crippen LogP contribution in [0.4, 0.5) is 17.6 Å². The Morgan fingerprint density at radius 3 is 2.63 bits per heavy atom. The Kier molecular flexibility index (Phi) is 3.37. The molecule has 3 nitrogen and oxygen atoms in total.